The highest BCUT2D eigenvalue weighted by atomic mass is 32.1. The molecule has 0 saturated carbocycles. The van der Waals surface area contributed by atoms with Gasteiger partial charge in [0.2, 0.25) is 0 Å². The van der Waals surface area contributed by atoms with Gasteiger partial charge in [-0.05, 0) is 19.1 Å². The van der Waals surface area contributed by atoms with E-state index >= 15 is 0 Å². The quantitative estimate of drug-likeness (QED) is 0.890. The number of aliphatic imine (C=N–C) groups is 1. The average Bonchev–Trinajstić information content (AvgIpc) is 2.92. The molecule has 3 rings (SSSR count). The van der Waals surface area contributed by atoms with E-state index in [1.165, 1.54) is 11.0 Å². The van der Waals surface area contributed by atoms with E-state index in [1.54, 1.807) is 14.0 Å². The molecule has 130 valence electrons. The van der Waals surface area contributed by atoms with Crippen molar-refractivity contribution in [2.75, 3.05) is 13.6 Å². The van der Waals surface area contributed by atoms with Crippen LogP contribution in [0.25, 0.3) is 10.6 Å². The first-order valence-corrected chi connectivity index (χ1v) is 8.24. The molecule has 2 heterocycles. The third-order valence-electron chi connectivity index (χ3n) is 3.68. The molecule has 1 N–H and O–H groups in total. The number of nitrogens with one attached hydrogen (secondary N) is 1. The van der Waals surface area contributed by atoms with E-state index in [2.05, 4.69) is 15.3 Å². The molecule has 25 heavy (non-hydrogen) atoms. The minimum absolute atomic E-state index is 0.0830. The van der Waals surface area contributed by atoms with Crippen LogP contribution in [0.2, 0.25) is 0 Å². The topological polar surface area (TPSA) is 74.7 Å². The van der Waals surface area contributed by atoms with Crippen LogP contribution in [0.4, 0.5) is 13.6 Å². The molecule has 0 spiro atoms. The standard InChI is InChI=1S/C16H14F2N4O2S/c1-8-13(14(23)20-11-6-7-22(2)16(24)21-11)25-15(19-8)12-9(17)4-3-5-10(12)18/h3-5H,6-7H2,1-2H3,(H,20,21,23,24). The maximum Gasteiger partial charge on any atom is 0.344 e. The van der Waals surface area contributed by atoms with Crippen molar-refractivity contribution < 1.29 is 18.4 Å². The van der Waals surface area contributed by atoms with E-state index in [0.717, 1.165) is 23.5 Å². The number of amidine groups is 1. The van der Waals surface area contributed by atoms with Crippen LogP contribution in [0.1, 0.15) is 21.8 Å². The van der Waals surface area contributed by atoms with Crippen molar-refractivity contribution in [3.63, 3.8) is 0 Å². The van der Waals surface area contributed by atoms with E-state index in [-0.39, 0.29) is 21.3 Å². The minimum atomic E-state index is -0.744. The molecule has 1 aliphatic heterocycles. The van der Waals surface area contributed by atoms with Crippen molar-refractivity contribution in [3.05, 3.63) is 40.4 Å². The second-order valence-electron chi connectivity index (χ2n) is 5.50. The second kappa shape index (κ2) is 6.67. The maximum absolute atomic E-state index is 13.9. The van der Waals surface area contributed by atoms with Gasteiger partial charge in [0.15, 0.2) is 0 Å². The SMILES string of the molecule is Cc1nc(-c2c(F)cccc2F)sc1C(=O)NC1=NC(=O)N(C)CC1. The van der Waals surface area contributed by atoms with Crippen molar-refractivity contribution >= 4 is 29.1 Å². The van der Waals surface area contributed by atoms with Crippen LogP contribution in [-0.2, 0) is 0 Å². The van der Waals surface area contributed by atoms with E-state index in [4.69, 9.17) is 0 Å². The molecule has 6 nitrogen and oxygen atoms in total. The summed E-state index contributed by atoms with van der Waals surface area (Å²) in [6.07, 6.45) is 0.417. The van der Waals surface area contributed by atoms with Crippen LogP contribution in [0.5, 0.6) is 0 Å². The third kappa shape index (κ3) is 3.41. The Morgan fingerprint density at radius 3 is 2.64 bits per heavy atom. The van der Waals surface area contributed by atoms with Crippen molar-refractivity contribution in [1.82, 2.24) is 15.2 Å². The van der Waals surface area contributed by atoms with Crippen LogP contribution in [0.3, 0.4) is 0 Å². The Hall–Kier alpha value is -2.68. The molecule has 0 bridgehead atoms. The normalized spacial score (nSPS) is 14.5. The second-order valence-corrected chi connectivity index (χ2v) is 6.50. The Kier molecular flexibility index (Phi) is 4.58. The number of aryl methyl sites for hydroxylation is 1. The van der Waals surface area contributed by atoms with Gasteiger partial charge in [-0.1, -0.05) is 6.07 Å². The summed E-state index contributed by atoms with van der Waals surface area (Å²) in [6, 6.07) is 3.09. The number of thiazole rings is 1. The summed E-state index contributed by atoms with van der Waals surface area (Å²) in [5.74, 6) is -1.73. The molecule has 0 fully saturated rings. The number of hydrogen-bond donors (Lipinski definition) is 1. The zero-order chi connectivity index (χ0) is 18.1. The molecule has 9 heteroatoms. The van der Waals surface area contributed by atoms with Crippen molar-refractivity contribution in [1.29, 1.82) is 0 Å². The van der Waals surface area contributed by atoms with E-state index in [9.17, 15) is 18.4 Å². The van der Waals surface area contributed by atoms with Gasteiger partial charge in [0.05, 0.1) is 11.3 Å². The summed E-state index contributed by atoms with van der Waals surface area (Å²) in [5, 5.41) is 2.65. The van der Waals surface area contributed by atoms with Gasteiger partial charge in [0.25, 0.3) is 5.91 Å². The van der Waals surface area contributed by atoms with E-state index in [1.807, 2.05) is 0 Å². The molecular weight excluding hydrogens is 350 g/mol. The Labute approximate surface area is 146 Å². The first-order valence-electron chi connectivity index (χ1n) is 7.42. The van der Waals surface area contributed by atoms with Gasteiger partial charge in [-0.25, -0.2) is 18.6 Å². The lowest BCUT2D eigenvalue weighted by Gasteiger charge is -2.20. The Balaban J connectivity index is 1.87. The number of carbonyl (C=O) groups is 2. The molecule has 0 aliphatic carbocycles. The first-order chi connectivity index (χ1) is 11.9. The summed E-state index contributed by atoms with van der Waals surface area (Å²) < 4.78 is 27.8. The molecule has 0 atom stereocenters. The predicted molar refractivity (Wildman–Crippen MR) is 89.7 cm³/mol. The van der Waals surface area contributed by atoms with Crippen LogP contribution in [-0.4, -0.2) is 41.3 Å². The summed E-state index contributed by atoms with van der Waals surface area (Å²) in [5.41, 5.74) is 0.0847. The third-order valence-corrected chi connectivity index (χ3v) is 4.85. The van der Waals surface area contributed by atoms with Crippen molar-refractivity contribution in [2.45, 2.75) is 13.3 Å². The van der Waals surface area contributed by atoms with Gasteiger partial charge >= 0.3 is 6.03 Å². The van der Waals surface area contributed by atoms with E-state index < -0.39 is 23.6 Å². The van der Waals surface area contributed by atoms with Gasteiger partial charge in [-0.15, -0.1) is 11.3 Å². The number of hydrogen-bond acceptors (Lipinski definition) is 4. The Morgan fingerprint density at radius 1 is 1.32 bits per heavy atom. The van der Waals surface area contributed by atoms with Gasteiger partial charge < -0.3 is 10.2 Å². The largest absolute Gasteiger partial charge is 0.344 e. The molecule has 3 amide bonds. The number of urea groups is 1. The number of nitrogens with zero attached hydrogens (tertiary/aromatic N) is 3. The lowest BCUT2D eigenvalue weighted by Crippen LogP contribution is -2.39. The fraction of sp³-hybridized carbons (Fsp3) is 0.250. The maximum atomic E-state index is 13.9. The number of rotatable bonds is 2. The summed E-state index contributed by atoms with van der Waals surface area (Å²) in [7, 11) is 1.62. The molecule has 2 aromatic rings. The summed E-state index contributed by atoms with van der Waals surface area (Å²) >= 11 is 0.885. The monoisotopic (exact) mass is 364 g/mol. The molecular formula is C16H14F2N4O2S. The minimum Gasteiger partial charge on any atom is -0.325 e. The average molecular weight is 364 g/mol. The van der Waals surface area contributed by atoms with Crippen molar-refractivity contribution in [3.8, 4) is 10.6 Å². The lowest BCUT2D eigenvalue weighted by atomic mass is 10.2. The smallest absolute Gasteiger partial charge is 0.325 e. The highest BCUT2D eigenvalue weighted by molar-refractivity contribution is 7.17. The highest BCUT2D eigenvalue weighted by Gasteiger charge is 2.23. The summed E-state index contributed by atoms with van der Waals surface area (Å²) in [6.45, 7) is 2.03. The number of halogens is 2. The first kappa shape index (κ1) is 17.2. The number of benzene rings is 1. The zero-order valence-corrected chi connectivity index (χ0v) is 14.3. The van der Waals surface area contributed by atoms with Gasteiger partial charge in [-0.3, -0.25) is 4.79 Å². The fourth-order valence-corrected chi connectivity index (χ4v) is 3.33. The van der Waals surface area contributed by atoms with E-state index in [0.29, 0.717) is 18.7 Å². The zero-order valence-electron chi connectivity index (χ0n) is 13.5. The molecule has 0 saturated heterocycles. The van der Waals surface area contributed by atoms with Gasteiger partial charge in [-0.2, -0.15) is 4.99 Å². The predicted octanol–water partition coefficient (Wildman–Crippen LogP) is 2.98. The molecule has 0 radical (unpaired) electrons. The van der Waals surface area contributed by atoms with Gasteiger partial charge in [0, 0.05) is 20.0 Å². The number of aromatic nitrogens is 1. The lowest BCUT2D eigenvalue weighted by molar-refractivity contribution is 0.0979. The molecule has 1 aromatic carbocycles. The van der Waals surface area contributed by atoms with Crippen LogP contribution < -0.4 is 5.32 Å². The highest BCUT2D eigenvalue weighted by Crippen LogP contribution is 2.31. The van der Waals surface area contributed by atoms with Crippen LogP contribution in [0.15, 0.2) is 23.2 Å². The van der Waals surface area contributed by atoms with Crippen LogP contribution in [0, 0.1) is 18.6 Å². The van der Waals surface area contributed by atoms with Gasteiger partial charge in [0.1, 0.15) is 27.4 Å². The fourth-order valence-electron chi connectivity index (χ4n) is 2.32. The Bertz CT molecular complexity index is 874. The van der Waals surface area contributed by atoms with Crippen molar-refractivity contribution in [2.24, 2.45) is 4.99 Å². The number of carbonyl (C=O) groups excluding carboxylic acids is 2. The molecule has 0 unspecified atom stereocenters. The molecule has 1 aliphatic rings. The van der Waals surface area contributed by atoms with Crippen LogP contribution >= 0.6 is 11.3 Å². The molecule has 1 aromatic heterocycles. The summed E-state index contributed by atoms with van der Waals surface area (Å²) in [4.78, 5) is 33.5. The number of amides is 3. The Morgan fingerprint density at radius 2 is 2.00 bits per heavy atom.